The Hall–Kier alpha value is -2.89. The van der Waals surface area contributed by atoms with E-state index in [-0.39, 0.29) is 18.3 Å². The van der Waals surface area contributed by atoms with Crippen LogP contribution in [0.15, 0.2) is 48.5 Å². The van der Waals surface area contributed by atoms with E-state index in [2.05, 4.69) is 4.98 Å². The van der Waals surface area contributed by atoms with Crippen LogP contribution in [-0.2, 0) is 11.3 Å². The topological polar surface area (TPSA) is 79.7 Å². The van der Waals surface area contributed by atoms with Gasteiger partial charge < -0.3 is 14.7 Å². The van der Waals surface area contributed by atoms with Crippen LogP contribution in [0.1, 0.15) is 36.8 Å². The summed E-state index contributed by atoms with van der Waals surface area (Å²) >= 11 is 0. The van der Waals surface area contributed by atoms with Crippen molar-refractivity contribution >= 4 is 11.9 Å². The molecule has 1 unspecified atom stereocenters. The maximum atomic E-state index is 12.9. The summed E-state index contributed by atoms with van der Waals surface area (Å²) < 4.78 is 5.51. The number of carboxylic acids is 1. The molecule has 1 heterocycles. The molecule has 0 fully saturated rings. The minimum atomic E-state index is -1.07. The number of carbonyl (C=O) groups excluding carboxylic acids is 1. The standard InChI is InChI=1S/C19H22N2O4/c1-13(2)25-17-11-7-10-16(20-17)18(22)21(14(3)19(23)24)12-15-8-5-4-6-9-15/h4-11,13-14H,12H2,1-3H3,(H,23,24). The maximum absolute atomic E-state index is 12.9. The van der Waals surface area contributed by atoms with Crippen LogP contribution < -0.4 is 4.74 Å². The van der Waals surface area contributed by atoms with Crippen LogP contribution in [0.4, 0.5) is 0 Å². The lowest BCUT2D eigenvalue weighted by molar-refractivity contribution is -0.141. The largest absolute Gasteiger partial charge is 0.480 e. The van der Waals surface area contributed by atoms with E-state index in [1.54, 1.807) is 18.2 Å². The highest BCUT2D eigenvalue weighted by atomic mass is 16.5. The molecule has 0 saturated carbocycles. The number of carboxylic acid groups (broad SMARTS) is 1. The highest BCUT2D eigenvalue weighted by Crippen LogP contribution is 2.16. The molecular formula is C19H22N2O4. The van der Waals surface area contributed by atoms with E-state index < -0.39 is 17.9 Å². The quantitative estimate of drug-likeness (QED) is 0.837. The SMILES string of the molecule is CC(C)Oc1cccc(C(=O)N(Cc2ccccc2)C(C)C(=O)O)n1. The van der Waals surface area contributed by atoms with Crippen LogP contribution in [0.3, 0.4) is 0 Å². The number of aromatic nitrogens is 1. The van der Waals surface area contributed by atoms with Crippen LogP contribution in [0.25, 0.3) is 0 Å². The Morgan fingerprint density at radius 2 is 1.76 bits per heavy atom. The molecule has 0 bridgehead atoms. The van der Waals surface area contributed by atoms with Crippen molar-refractivity contribution in [3.63, 3.8) is 0 Å². The molecule has 0 aliphatic carbocycles. The van der Waals surface area contributed by atoms with Gasteiger partial charge in [0.05, 0.1) is 6.10 Å². The molecule has 0 radical (unpaired) electrons. The van der Waals surface area contributed by atoms with E-state index in [1.165, 1.54) is 11.8 Å². The smallest absolute Gasteiger partial charge is 0.326 e. The predicted molar refractivity (Wildman–Crippen MR) is 93.4 cm³/mol. The number of carbonyl (C=O) groups is 2. The summed E-state index contributed by atoms with van der Waals surface area (Å²) in [6.45, 7) is 5.40. The molecule has 132 valence electrons. The second-order valence-electron chi connectivity index (χ2n) is 5.96. The van der Waals surface area contributed by atoms with Crippen molar-refractivity contribution in [2.75, 3.05) is 0 Å². The minimum absolute atomic E-state index is 0.0729. The first-order valence-corrected chi connectivity index (χ1v) is 8.10. The molecule has 0 spiro atoms. The zero-order valence-corrected chi connectivity index (χ0v) is 14.5. The highest BCUT2D eigenvalue weighted by Gasteiger charge is 2.27. The van der Waals surface area contributed by atoms with Gasteiger partial charge in [0.2, 0.25) is 5.88 Å². The Kier molecular flexibility index (Phi) is 6.11. The number of benzene rings is 1. The average molecular weight is 342 g/mol. The fraction of sp³-hybridized carbons (Fsp3) is 0.316. The third kappa shape index (κ3) is 5.04. The summed E-state index contributed by atoms with van der Waals surface area (Å²) in [6, 6.07) is 13.2. The van der Waals surface area contributed by atoms with Gasteiger partial charge in [-0.2, -0.15) is 0 Å². The Balaban J connectivity index is 2.30. The summed E-state index contributed by atoms with van der Waals surface area (Å²) in [6.07, 6.45) is -0.0729. The van der Waals surface area contributed by atoms with E-state index in [4.69, 9.17) is 4.74 Å². The van der Waals surface area contributed by atoms with Crippen molar-refractivity contribution in [1.29, 1.82) is 0 Å². The molecule has 0 aliphatic rings. The number of nitrogens with zero attached hydrogens (tertiary/aromatic N) is 2. The second-order valence-corrected chi connectivity index (χ2v) is 5.96. The van der Waals surface area contributed by atoms with Gasteiger partial charge in [-0.3, -0.25) is 4.79 Å². The van der Waals surface area contributed by atoms with Crippen molar-refractivity contribution in [2.45, 2.75) is 39.5 Å². The van der Waals surface area contributed by atoms with Gasteiger partial charge in [0.25, 0.3) is 5.91 Å². The molecule has 1 aromatic carbocycles. The number of ether oxygens (including phenoxy) is 1. The number of pyridine rings is 1. The molecule has 6 heteroatoms. The number of hydrogen-bond donors (Lipinski definition) is 1. The highest BCUT2D eigenvalue weighted by molar-refractivity contribution is 5.95. The maximum Gasteiger partial charge on any atom is 0.326 e. The summed E-state index contributed by atoms with van der Waals surface area (Å²) in [7, 11) is 0. The molecule has 0 aliphatic heterocycles. The first kappa shape index (κ1) is 18.4. The van der Waals surface area contributed by atoms with Crippen molar-refractivity contribution in [1.82, 2.24) is 9.88 Å². The number of aliphatic carboxylic acids is 1. The summed E-state index contributed by atoms with van der Waals surface area (Å²) in [5, 5.41) is 9.36. The van der Waals surface area contributed by atoms with Gasteiger partial charge >= 0.3 is 5.97 Å². The lowest BCUT2D eigenvalue weighted by Crippen LogP contribution is -2.43. The molecule has 25 heavy (non-hydrogen) atoms. The lowest BCUT2D eigenvalue weighted by Gasteiger charge is -2.26. The summed E-state index contributed by atoms with van der Waals surface area (Å²) in [5.41, 5.74) is 1.00. The molecule has 2 rings (SSSR count). The van der Waals surface area contributed by atoms with Gasteiger partial charge in [-0.05, 0) is 32.4 Å². The fourth-order valence-electron chi connectivity index (χ4n) is 2.29. The van der Waals surface area contributed by atoms with Crippen molar-refractivity contribution in [2.24, 2.45) is 0 Å². The van der Waals surface area contributed by atoms with Gasteiger partial charge in [0.15, 0.2) is 0 Å². The van der Waals surface area contributed by atoms with Crippen LogP contribution in [0, 0.1) is 0 Å². The van der Waals surface area contributed by atoms with Crippen LogP contribution in [0.2, 0.25) is 0 Å². The summed E-state index contributed by atoms with van der Waals surface area (Å²) in [4.78, 5) is 29.8. The van der Waals surface area contributed by atoms with E-state index in [0.717, 1.165) is 5.56 Å². The third-order valence-corrected chi connectivity index (χ3v) is 3.58. The summed E-state index contributed by atoms with van der Waals surface area (Å²) in [5.74, 6) is -1.18. The molecule has 1 aromatic heterocycles. The average Bonchev–Trinajstić information content (AvgIpc) is 2.59. The molecule has 1 atom stereocenters. The molecule has 0 saturated heterocycles. The Labute approximate surface area is 147 Å². The molecule has 1 N–H and O–H groups in total. The van der Waals surface area contributed by atoms with Crippen LogP contribution in [0.5, 0.6) is 5.88 Å². The first-order valence-electron chi connectivity index (χ1n) is 8.10. The van der Waals surface area contributed by atoms with E-state index in [1.807, 2.05) is 44.2 Å². The van der Waals surface area contributed by atoms with E-state index in [9.17, 15) is 14.7 Å². The monoisotopic (exact) mass is 342 g/mol. The normalized spacial score (nSPS) is 11.8. The number of amides is 1. The zero-order chi connectivity index (χ0) is 18.4. The van der Waals surface area contributed by atoms with Crippen molar-refractivity contribution in [3.8, 4) is 5.88 Å². The minimum Gasteiger partial charge on any atom is -0.480 e. The van der Waals surface area contributed by atoms with Crippen LogP contribution in [-0.4, -0.2) is 39.0 Å². The molecule has 1 amide bonds. The Bertz CT molecular complexity index is 731. The van der Waals surface area contributed by atoms with Gasteiger partial charge in [-0.25, -0.2) is 9.78 Å². The van der Waals surface area contributed by atoms with Crippen molar-refractivity contribution in [3.05, 3.63) is 59.8 Å². The van der Waals surface area contributed by atoms with Gasteiger partial charge in [-0.1, -0.05) is 36.4 Å². The van der Waals surface area contributed by atoms with E-state index >= 15 is 0 Å². The Morgan fingerprint density at radius 1 is 1.08 bits per heavy atom. The number of rotatable bonds is 7. The number of hydrogen-bond acceptors (Lipinski definition) is 4. The predicted octanol–water partition coefficient (Wildman–Crippen LogP) is 2.98. The third-order valence-electron chi connectivity index (χ3n) is 3.58. The van der Waals surface area contributed by atoms with Crippen molar-refractivity contribution < 1.29 is 19.4 Å². The van der Waals surface area contributed by atoms with Gasteiger partial charge in [0.1, 0.15) is 11.7 Å². The van der Waals surface area contributed by atoms with E-state index in [0.29, 0.717) is 5.88 Å². The molecule has 6 nitrogen and oxygen atoms in total. The Morgan fingerprint density at radius 3 is 2.36 bits per heavy atom. The van der Waals surface area contributed by atoms with Crippen LogP contribution >= 0.6 is 0 Å². The lowest BCUT2D eigenvalue weighted by atomic mass is 10.1. The molecule has 2 aromatic rings. The zero-order valence-electron chi connectivity index (χ0n) is 14.5. The fourth-order valence-corrected chi connectivity index (χ4v) is 2.29. The first-order chi connectivity index (χ1) is 11.9. The van der Waals surface area contributed by atoms with Gasteiger partial charge in [-0.15, -0.1) is 0 Å². The molecular weight excluding hydrogens is 320 g/mol. The second kappa shape index (κ2) is 8.28. The van der Waals surface area contributed by atoms with Gasteiger partial charge in [0, 0.05) is 12.6 Å².